The summed E-state index contributed by atoms with van der Waals surface area (Å²) in [6, 6.07) is 6.81. The third kappa shape index (κ3) is 4.32. The maximum Gasteiger partial charge on any atom is 0.409 e. The van der Waals surface area contributed by atoms with Crippen LogP contribution < -0.4 is 9.04 Å². The van der Waals surface area contributed by atoms with Crippen molar-refractivity contribution in [2.24, 2.45) is 0 Å². The molecule has 1 aromatic rings. The number of piperazine rings is 1. The van der Waals surface area contributed by atoms with Crippen molar-refractivity contribution in [3.63, 3.8) is 0 Å². The van der Waals surface area contributed by atoms with Crippen molar-refractivity contribution >= 4 is 27.7 Å². The molecule has 3 rings (SSSR count). The molecule has 0 saturated carbocycles. The molecular weight excluding hydrogens is 386 g/mol. The van der Waals surface area contributed by atoms with E-state index in [2.05, 4.69) is 0 Å². The van der Waals surface area contributed by atoms with Crippen LogP contribution in [-0.4, -0.2) is 81.9 Å². The second kappa shape index (κ2) is 8.26. The summed E-state index contributed by atoms with van der Waals surface area (Å²) >= 11 is 0. The number of hydrogen-bond donors (Lipinski definition) is 0. The molecule has 2 amide bonds. The zero-order valence-electron chi connectivity index (χ0n) is 16.0. The van der Waals surface area contributed by atoms with Crippen LogP contribution in [0.3, 0.4) is 0 Å². The van der Waals surface area contributed by atoms with Gasteiger partial charge in [0.15, 0.2) is 6.10 Å². The van der Waals surface area contributed by atoms with Crippen molar-refractivity contribution < 1.29 is 27.5 Å². The van der Waals surface area contributed by atoms with E-state index < -0.39 is 16.1 Å². The fourth-order valence-electron chi connectivity index (χ4n) is 3.38. The summed E-state index contributed by atoms with van der Waals surface area (Å²) in [5, 5.41) is 0. The lowest BCUT2D eigenvalue weighted by atomic mass is 10.2. The van der Waals surface area contributed by atoms with E-state index in [4.69, 9.17) is 9.47 Å². The normalized spacial score (nSPS) is 20.1. The molecule has 9 nitrogen and oxygen atoms in total. The van der Waals surface area contributed by atoms with Gasteiger partial charge in [0.2, 0.25) is 10.0 Å². The van der Waals surface area contributed by atoms with Crippen molar-refractivity contribution in [2.45, 2.75) is 19.4 Å². The number of amides is 2. The van der Waals surface area contributed by atoms with Gasteiger partial charge < -0.3 is 19.3 Å². The Morgan fingerprint density at radius 3 is 2.39 bits per heavy atom. The number of hydrogen-bond acceptors (Lipinski definition) is 6. The third-order valence-corrected chi connectivity index (χ3v) is 5.97. The Morgan fingerprint density at radius 2 is 1.75 bits per heavy atom. The quantitative estimate of drug-likeness (QED) is 0.733. The Balaban J connectivity index is 1.70. The van der Waals surface area contributed by atoms with Gasteiger partial charge in [0.1, 0.15) is 5.75 Å². The number of nitrogens with zero attached hydrogens (tertiary/aromatic N) is 3. The van der Waals surface area contributed by atoms with Gasteiger partial charge in [-0.15, -0.1) is 0 Å². The molecule has 1 atom stereocenters. The number of carbonyl (C=O) groups is 2. The second-order valence-electron chi connectivity index (χ2n) is 6.71. The van der Waals surface area contributed by atoms with Crippen LogP contribution in [0.5, 0.6) is 5.75 Å². The number of anilines is 1. The van der Waals surface area contributed by atoms with Crippen LogP contribution in [0.2, 0.25) is 0 Å². The van der Waals surface area contributed by atoms with Crippen molar-refractivity contribution in [2.75, 3.05) is 49.9 Å². The molecule has 0 aromatic heterocycles. The molecule has 10 heteroatoms. The van der Waals surface area contributed by atoms with Crippen molar-refractivity contribution in [3.8, 4) is 5.75 Å². The molecule has 0 aliphatic carbocycles. The van der Waals surface area contributed by atoms with Crippen LogP contribution in [0.1, 0.15) is 13.3 Å². The molecular formula is C18H25N3O6S. The molecule has 0 spiro atoms. The average Bonchev–Trinajstić information content (AvgIpc) is 2.87. The van der Waals surface area contributed by atoms with Gasteiger partial charge in [-0.3, -0.25) is 9.10 Å². The van der Waals surface area contributed by atoms with Gasteiger partial charge in [-0.1, -0.05) is 12.1 Å². The maximum atomic E-state index is 13.0. The Hall–Kier alpha value is -2.49. The average molecular weight is 411 g/mol. The van der Waals surface area contributed by atoms with E-state index in [1.54, 1.807) is 41.0 Å². The first kappa shape index (κ1) is 20.2. The fraction of sp³-hybridized carbons (Fsp3) is 0.556. The summed E-state index contributed by atoms with van der Waals surface area (Å²) < 4.78 is 36.5. The number of sulfonamides is 1. The van der Waals surface area contributed by atoms with Gasteiger partial charge >= 0.3 is 6.09 Å². The molecule has 0 bridgehead atoms. The molecule has 154 valence electrons. The minimum Gasteiger partial charge on any atom is -0.478 e. The first-order valence-corrected chi connectivity index (χ1v) is 11.1. The highest BCUT2D eigenvalue weighted by Gasteiger charge is 2.35. The van der Waals surface area contributed by atoms with Crippen LogP contribution in [-0.2, 0) is 19.6 Å². The highest BCUT2D eigenvalue weighted by Crippen LogP contribution is 2.34. The highest BCUT2D eigenvalue weighted by atomic mass is 32.2. The number of ether oxygens (including phenoxy) is 2. The number of para-hydroxylation sites is 2. The van der Waals surface area contributed by atoms with Gasteiger partial charge in [0.25, 0.3) is 5.91 Å². The van der Waals surface area contributed by atoms with E-state index in [0.717, 1.165) is 6.26 Å². The molecule has 1 aromatic carbocycles. The Bertz CT molecular complexity index is 835. The number of benzene rings is 1. The van der Waals surface area contributed by atoms with Crippen molar-refractivity contribution in [1.29, 1.82) is 0 Å². The molecule has 1 fully saturated rings. The zero-order chi connectivity index (χ0) is 20.3. The minimum atomic E-state index is -3.49. The van der Waals surface area contributed by atoms with E-state index in [-0.39, 0.29) is 25.0 Å². The van der Waals surface area contributed by atoms with Crippen LogP contribution in [0.25, 0.3) is 0 Å². The predicted molar refractivity (Wildman–Crippen MR) is 103 cm³/mol. The van der Waals surface area contributed by atoms with Gasteiger partial charge in [-0.05, 0) is 19.1 Å². The number of rotatable bonds is 3. The summed E-state index contributed by atoms with van der Waals surface area (Å²) in [5.74, 6) is 0.169. The van der Waals surface area contributed by atoms with E-state index in [1.165, 1.54) is 4.31 Å². The second-order valence-corrected chi connectivity index (χ2v) is 8.62. The predicted octanol–water partition coefficient (Wildman–Crippen LogP) is 0.904. The molecule has 0 N–H and O–H groups in total. The minimum absolute atomic E-state index is 0.162. The molecule has 1 unspecified atom stereocenters. The maximum absolute atomic E-state index is 13.0. The van der Waals surface area contributed by atoms with E-state index >= 15 is 0 Å². The summed E-state index contributed by atoms with van der Waals surface area (Å²) in [5.41, 5.74) is 0.437. The van der Waals surface area contributed by atoms with Gasteiger partial charge in [0.05, 0.1) is 18.6 Å². The molecule has 2 aliphatic rings. The Kier molecular flexibility index (Phi) is 5.97. The lowest BCUT2D eigenvalue weighted by Gasteiger charge is -2.35. The first-order chi connectivity index (χ1) is 13.3. The molecule has 1 saturated heterocycles. The fourth-order valence-corrected chi connectivity index (χ4v) is 4.32. The summed E-state index contributed by atoms with van der Waals surface area (Å²) in [4.78, 5) is 28.0. The Morgan fingerprint density at radius 1 is 1.11 bits per heavy atom. The molecule has 0 radical (unpaired) electrons. The summed E-state index contributed by atoms with van der Waals surface area (Å²) in [6.07, 6.45) is 0.235. The largest absolute Gasteiger partial charge is 0.478 e. The van der Waals surface area contributed by atoms with Crippen molar-refractivity contribution in [1.82, 2.24) is 9.80 Å². The number of carbonyl (C=O) groups excluding carboxylic acids is 2. The van der Waals surface area contributed by atoms with Gasteiger partial charge in [-0.2, -0.15) is 0 Å². The van der Waals surface area contributed by atoms with Crippen molar-refractivity contribution in [3.05, 3.63) is 24.3 Å². The monoisotopic (exact) mass is 411 g/mol. The van der Waals surface area contributed by atoms with E-state index in [0.29, 0.717) is 44.2 Å². The Labute approximate surface area is 164 Å². The van der Waals surface area contributed by atoms with E-state index in [9.17, 15) is 18.0 Å². The number of fused-ring (bicyclic) bond motifs is 1. The van der Waals surface area contributed by atoms with Crippen LogP contribution in [0.15, 0.2) is 24.3 Å². The first-order valence-electron chi connectivity index (χ1n) is 9.25. The van der Waals surface area contributed by atoms with Gasteiger partial charge in [-0.25, -0.2) is 13.2 Å². The molecule has 2 heterocycles. The third-order valence-electron chi connectivity index (χ3n) is 4.79. The lowest BCUT2D eigenvalue weighted by molar-refractivity contribution is -0.140. The van der Waals surface area contributed by atoms with Gasteiger partial charge in [0, 0.05) is 39.1 Å². The highest BCUT2D eigenvalue weighted by molar-refractivity contribution is 7.92. The topological polar surface area (TPSA) is 96.5 Å². The standard InChI is InChI=1S/C18H25N3O6S/c1-3-26-18(23)20-12-10-19(11-13-20)17(22)16-8-9-21(28(2,24)25)14-6-4-5-7-15(14)27-16/h4-7,16H,3,8-13H2,1-2H3. The van der Waals surface area contributed by atoms with E-state index in [1.807, 2.05) is 0 Å². The SMILES string of the molecule is CCOC(=O)N1CCN(C(=O)C2CCN(S(C)(=O)=O)c3ccccc3O2)CC1. The smallest absolute Gasteiger partial charge is 0.409 e. The lowest BCUT2D eigenvalue weighted by Crippen LogP contribution is -2.54. The molecule has 2 aliphatic heterocycles. The van der Waals surface area contributed by atoms with Crippen LogP contribution in [0, 0.1) is 0 Å². The zero-order valence-corrected chi connectivity index (χ0v) is 16.9. The molecule has 28 heavy (non-hydrogen) atoms. The van der Waals surface area contributed by atoms with Crippen LogP contribution in [0.4, 0.5) is 10.5 Å². The van der Waals surface area contributed by atoms with Crippen LogP contribution >= 0.6 is 0 Å². The summed E-state index contributed by atoms with van der Waals surface area (Å²) in [6.45, 7) is 3.77. The summed E-state index contributed by atoms with van der Waals surface area (Å²) in [7, 11) is -3.49.